The van der Waals surface area contributed by atoms with Gasteiger partial charge in [0, 0.05) is 37.8 Å². The van der Waals surface area contributed by atoms with Crippen molar-refractivity contribution in [3.63, 3.8) is 0 Å². The van der Waals surface area contributed by atoms with Crippen LogP contribution in [-0.2, 0) is 10.0 Å². The fraction of sp³-hybridized carbons (Fsp3) is 0.190. The average molecular weight is 416 g/mol. The van der Waals surface area contributed by atoms with Crippen LogP contribution in [-0.4, -0.2) is 49.7 Å². The Balaban J connectivity index is 1.49. The van der Waals surface area contributed by atoms with E-state index in [1.54, 1.807) is 11.0 Å². The molecule has 0 saturated carbocycles. The Labute approximate surface area is 167 Å². The van der Waals surface area contributed by atoms with Gasteiger partial charge in [-0.3, -0.25) is 4.79 Å². The lowest BCUT2D eigenvalue weighted by Crippen LogP contribution is -2.50. The van der Waals surface area contributed by atoms with E-state index in [1.165, 1.54) is 0 Å². The van der Waals surface area contributed by atoms with Crippen LogP contribution in [0, 0.1) is 11.6 Å². The molecule has 1 fully saturated rings. The first-order valence-corrected chi connectivity index (χ1v) is 10.5. The SMILES string of the molecule is O=C(c1ccc2ccccc2c1)N1CCN(S(=O)(=O)c2ccc(F)cc2F)CC1. The van der Waals surface area contributed by atoms with Gasteiger partial charge in [-0.2, -0.15) is 4.31 Å². The molecule has 0 atom stereocenters. The summed E-state index contributed by atoms with van der Waals surface area (Å²) < 4.78 is 53.5. The second-order valence-electron chi connectivity index (χ2n) is 6.83. The van der Waals surface area contributed by atoms with Crippen molar-refractivity contribution in [2.45, 2.75) is 4.90 Å². The van der Waals surface area contributed by atoms with Gasteiger partial charge in [0.25, 0.3) is 5.91 Å². The van der Waals surface area contributed by atoms with Gasteiger partial charge in [0.15, 0.2) is 0 Å². The molecule has 1 aliphatic rings. The molecule has 0 bridgehead atoms. The Morgan fingerprint density at radius 3 is 2.21 bits per heavy atom. The number of benzene rings is 3. The predicted octanol–water partition coefficient (Wildman–Crippen LogP) is 3.26. The van der Waals surface area contributed by atoms with Crippen molar-refractivity contribution < 1.29 is 22.0 Å². The maximum Gasteiger partial charge on any atom is 0.253 e. The highest BCUT2D eigenvalue weighted by molar-refractivity contribution is 7.89. The summed E-state index contributed by atoms with van der Waals surface area (Å²) in [5.74, 6) is -2.15. The summed E-state index contributed by atoms with van der Waals surface area (Å²) in [6, 6.07) is 15.5. The van der Waals surface area contributed by atoms with Gasteiger partial charge in [-0.15, -0.1) is 0 Å². The van der Waals surface area contributed by atoms with Gasteiger partial charge in [0.2, 0.25) is 10.0 Å². The summed E-state index contributed by atoms with van der Waals surface area (Å²) in [5, 5.41) is 1.98. The largest absolute Gasteiger partial charge is 0.336 e. The van der Waals surface area contributed by atoms with Gasteiger partial charge in [-0.1, -0.05) is 30.3 Å². The topological polar surface area (TPSA) is 57.7 Å². The Hall–Kier alpha value is -2.84. The highest BCUT2D eigenvalue weighted by Crippen LogP contribution is 2.22. The van der Waals surface area contributed by atoms with Crippen molar-refractivity contribution in [3.05, 3.63) is 77.9 Å². The molecule has 0 radical (unpaired) electrons. The van der Waals surface area contributed by atoms with E-state index >= 15 is 0 Å². The predicted molar refractivity (Wildman–Crippen MR) is 105 cm³/mol. The van der Waals surface area contributed by atoms with E-state index in [2.05, 4.69) is 0 Å². The number of halogens is 2. The molecule has 3 aromatic rings. The van der Waals surface area contributed by atoms with Crippen LogP contribution in [0.25, 0.3) is 10.8 Å². The number of nitrogens with zero attached hydrogens (tertiary/aromatic N) is 2. The lowest BCUT2D eigenvalue weighted by Gasteiger charge is -2.34. The zero-order chi connectivity index (χ0) is 20.6. The van der Waals surface area contributed by atoms with Crippen molar-refractivity contribution in [3.8, 4) is 0 Å². The average Bonchev–Trinajstić information content (AvgIpc) is 2.72. The molecule has 0 aliphatic carbocycles. The van der Waals surface area contributed by atoms with E-state index in [1.807, 2.05) is 36.4 Å². The van der Waals surface area contributed by atoms with Crippen LogP contribution in [0.15, 0.2) is 65.6 Å². The number of carbonyl (C=O) groups is 1. The Morgan fingerprint density at radius 1 is 0.828 bits per heavy atom. The minimum Gasteiger partial charge on any atom is -0.336 e. The quantitative estimate of drug-likeness (QED) is 0.659. The summed E-state index contributed by atoms with van der Waals surface area (Å²) in [7, 11) is -4.10. The number of hydrogen-bond donors (Lipinski definition) is 0. The lowest BCUT2D eigenvalue weighted by atomic mass is 10.1. The molecule has 3 aromatic carbocycles. The van der Waals surface area contributed by atoms with Crippen molar-refractivity contribution in [1.82, 2.24) is 9.21 Å². The van der Waals surface area contributed by atoms with Crippen LogP contribution < -0.4 is 0 Å². The second-order valence-corrected chi connectivity index (χ2v) is 8.74. The van der Waals surface area contributed by atoms with Crippen molar-refractivity contribution in [1.29, 1.82) is 0 Å². The first-order valence-electron chi connectivity index (χ1n) is 9.09. The molecule has 0 unspecified atom stereocenters. The second kappa shape index (κ2) is 7.53. The van der Waals surface area contributed by atoms with Crippen molar-refractivity contribution in [2.75, 3.05) is 26.2 Å². The maximum atomic E-state index is 13.9. The fourth-order valence-corrected chi connectivity index (χ4v) is 4.93. The number of fused-ring (bicyclic) bond motifs is 1. The lowest BCUT2D eigenvalue weighted by molar-refractivity contribution is 0.0698. The third kappa shape index (κ3) is 3.73. The van der Waals surface area contributed by atoms with Gasteiger partial charge >= 0.3 is 0 Å². The Bertz CT molecular complexity index is 1190. The molecule has 0 aromatic heterocycles. The number of rotatable bonds is 3. The van der Waals surface area contributed by atoms with Gasteiger partial charge in [-0.25, -0.2) is 17.2 Å². The summed E-state index contributed by atoms with van der Waals surface area (Å²) in [5.41, 5.74) is 0.532. The molecule has 0 spiro atoms. The van der Waals surface area contributed by atoms with E-state index in [0.29, 0.717) is 11.6 Å². The van der Waals surface area contributed by atoms with E-state index in [4.69, 9.17) is 0 Å². The summed E-state index contributed by atoms with van der Waals surface area (Å²) in [6.45, 7) is 0.457. The third-order valence-corrected chi connectivity index (χ3v) is 6.97. The normalized spacial score (nSPS) is 15.6. The zero-order valence-corrected chi connectivity index (χ0v) is 16.2. The van der Waals surface area contributed by atoms with Gasteiger partial charge in [0.05, 0.1) is 0 Å². The highest BCUT2D eigenvalue weighted by Gasteiger charge is 2.32. The first-order chi connectivity index (χ1) is 13.9. The zero-order valence-electron chi connectivity index (χ0n) is 15.4. The minimum atomic E-state index is -4.10. The summed E-state index contributed by atoms with van der Waals surface area (Å²) in [4.78, 5) is 13.8. The van der Waals surface area contributed by atoms with E-state index in [-0.39, 0.29) is 32.1 Å². The van der Waals surface area contributed by atoms with Crippen molar-refractivity contribution in [2.24, 2.45) is 0 Å². The highest BCUT2D eigenvalue weighted by atomic mass is 32.2. The molecule has 29 heavy (non-hydrogen) atoms. The van der Waals surface area contributed by atoms with Gasteiger partial charge in [0.1, 0.15) is 16.5 Å². The molecule has 0 N–H and O–H groups in total. The number of amides is 1. The van der Waals surface area contributed by atoms with E-state index in [0.717, 1.165) is 27.2 Å². The fourth-order valence-electron chi connectivity index (χ4n) is 3.46. The summed E-state index contributed by atoms with van der Waals surface area (Å²) >= 11 is 0. The maximum absolute atomic E-state index is 13.9. The van der Waals surface area contributed by atoms with Crippen LogP contribution >= 0.6 is 0 Å². The molecule has 1 amide bonds. The number of piperazine rings is 1. The third-order valence-electron chi connectivity index (χ3n) is 5.03. The van der Waals surface area contributed by atoms with Crippen molar-refractivity contribution >= 4 is 26.7 Å². The van der Waals surface area contributed by atoms with E-state index in [9.17, 15) is 22.0 Å². The number of hydrogen-bond acceptors (Lipinski definition) is 3. The Kier molecular flexibility index (Phi) is 5.06. The minimum absolute atomic E-state index is 0.0401. The molecular formula is C21H18F2N2O3S. The molecule has 8 heteroatoms. The molecule has 1 aliphatic heterocycles. The van der Waals surface area contributed by atoms with Gasteiger partial charge < -0.3 is 4.90 Å². The standard InChI is InChI=1S/C21H18F2N2O3S/c22-18-7-8-20(19(23)14-18)29(27,28)25-11-9-24(10-12-25)21(26)17-6-5-15-3-1-2-4-16(15)13-17/h1-8,13-14H,9-12H2. The van der Waals surface area contributed by atoms with Crippen LogP contribution in [0.4, 0.5) is 8.78 Å². The van der Waals surface area contributed by atoms with Gasteiger partial charge in [-0.05, 0) is 35.0 Å². The van der Waals surface area contributed by atoms with Crippen LogP contribution in [0.1, 0.15) is 10.4 Å². The van der Waals surface area contributed by atoms with E-state index < -0.39 is 26.6 Å². The molecule has 1 heterocycles. The van der Waals surface area contributed by atoms with Crippen LogP contribution in [0.3, 0.4) is 0 Å². The van der Waals surface area contributed by atoms with Crippen LogP contribution in [0.2, 0.25) is 0 Å². The smallest absolute Gasteiger partial charge is 0.253 e. The molecule has 4 rings (SSSR count). The number of sulfonamides is 1. The Morgan fingerprint density at radius 2 is 1.52 bits per heavy atom. The summed E-state index contributed by atoms with van der Waals surface area (Å²) in [6.07, 6.45) is 0. The molecule has 150 valence electrons. The molecule has 1 saturated heterocycles. The first kappa shape index (κ1) is 19.5. The molecule has 5 nitrogen and oxygen atoms in total. The van der Waals surface area contributed by atoms with Crippen LogP contribution in [0.5, 0.6) is 0 Å². The molecular weight excluding hydrogens is 398 g/mol. The number of carbonyl (C=O) groups excluding carboxylic acids is 1. The monoisotopic (exact) mass is 416 g/mol.